The highest BCUT2D eigenvalue weighted by Crippen LogP contribution is 2.34. The molecule has 0 unspecified atom stereocenters. The van der Waals surface area contributed by atoms with Crippen LogP contribution in [-0.2, 0) is 19.7 Å². The highest BCUT2D eigenvalue weighted by atomic mass is 32.2. The van der Waals surface area contributed by atoms with E-state index in [9.17, 15) is 26.4 Å². The Bertz CT molecular complexity index is 1740. The van der Waals surface area contributed by atoms with Crippen molar-refractivity contribution in [2.24, 2.45) is 0 Å². The molecule has 2 aromatic carbocycles. The van der Waals surface area contributed by atoms with Gasteiger partial charge in [0.05, 0.1) is 19.3 Å². The summed E-state index contributed by atoms with van der Waals surface area (Å²) >= 11 is 0. The molecule has 2 aliphatic rings. The van der Waals surface area contributed by atoms with E-state index < -0.39 is 35.0 Å². The summed E-state index contributed by atoms with van der Waals surface area (Å²) in [4.78, 5) is 27.3. The number of sulfone groups is 2. The first kappa shape index (κ1) is 29.8. The van der Waals surface area contributed by atoms with Crippen LogP contribution in [0.25, 0.3) is 17.7 Å². The summed E-state index contributed by atoms with van der Waals surface area (Å²) in [5, 5.41) is 0. The van der Waals surface area contributed by atoms with Crippen molar-refractivity contribution < 1.29 is 31.2 Å². The molecule has 2 aromatic rings. The Morgan fingerprint density at radius 2 is 1.08 bits per heavy atom. The van der Waals surface area contributed by atoms with Gasteiger partial charge in [-0.05, 0) is 59.8 Å². The van der Waals surface area contributed by atoms with Crippen LogP contribution in [0.2, 0.25) is 0 Å². The summed E-state index contributed by atoms with van der Waals surface area (Å²) in [6.07, 6.45) is 6.01. The van der Waals surface area contributed by atoms with Crippen LogP contribution in [0, 0.1) is 0 Å². The van der Waals surface area contributed by atoms with Gasteiger partial charge >= 0.3 is 5.71 Å². The van der Waals surface area contributed by atoms with Crippen molar-refractivity contribution in [3.63, 3.8) is 0 Å². The topological polar surface area (TPSA) is 139 Å². The van der Waals surface area contributed by atoms with Crippen LogP contribution in [0.4, 0.5) is 0 Å². The van der Waals surface area contributed by atoms with Crippen LogP contribution >= 0.6 is 0 Å². The number of hydrogen-bond donors (Lipinski definition) is 0. The molecule has 0 aliphatic heterocycles. The Morgan fingerprint density at radius 1 is 0.667 bits per heavy atom. The molecule has 0 radical (unpaired) electrons. The van der Waals surface area contributed by atoms with Crippen molar-refractivity contribution in [3.8, 4) is 0 Å². The zero-order valence-electron chi connectivity index (χ0n) is 22.6. The normalized spacial score (nSPS) is 15.2. The minimum atomic E-state index is -3.57. The number of nitrogens with zero attached hydrogens (tertiary/aromatic N) is 2. The van der Waals surface area contributed by atoms with Crippen LogP contribution in [0.5, 0.6) is 0 Å². The Labute approximate surface area is 229 Å². The number of rotatable bonds is 2. The molecule has 4 rings (SSSR count). The molecule has 0 heterocycles. The number of hydrogen-bond acceptors (Lipinski definition) is 6. The quantitative estimate of drug-likeness (QED) is 0.279. The molecule has 0 spiro atoms. The molecule has 0 saturated heterocycles. The van der Waals surface area contributed by atoms with Crippen LogP contribution in [0.15, 0.2) is 70.5 Å². The van der Waals surface area contributed by atoms with E-state index in [2.05, 4.69) is 11.4 Å². The summed E-state index contributed by atoms with van der Waals surface area (Å²) in [6.45, 7) is 13.4. The van der Waals surface area contributed by atoms with E-state index in [4.69, 9.17) is 5.53 Å². The van der Waals surface area contributed by atoms with Gasteiger partial charge in [0.15, 0.2) is 25.5 Å². The van der Waals surface area contributed by atoms with Crippen molar-refractivity contribution in [2.45, 2.75) is 60.8 Å². The maximum Gasteiger partial charge on any atom is 0.362 e. The lowest BCUT2D eigenvalue weighted by Crippen LogP contribution is -2.29. The molecule has 10 heteroatoms. The van der Waals surface area contributed by atoms with Crippen LogP contribution < -0.4 is 0 Å². The lowest BCUT2D eigenvalue weighted by Gasteiger charge is -2.22. The van der Waals surface area contributed by atoms with Crippen molar-refractivity contribution in [1.29, 1.82) is 0 Å². The standard InChI is InChI=1S/C15H16O3S.C14H14N2O3S/c1-10-8-9-11-12(14(10)16)6-5-7-13(11)19(17,18)15(2,3)4;1-14(2,3)20(18,19)12-6-4-5-10-9(12)7-8-11(16-15)13(10)17/h5-9H,1H2,2-4H3;4-8H,1-3H3. The van der Waals surface area contributed by atoms with Crippen molar-refractivity contribution in [3.05, 3.63) is 88.5 Å². The third-order valence-corrected chi connectivity index (χ3v) is 11.4. The van der Waals surface area contributed by atoms with Gasteiger partial charge < -0.3 is 5.53 Å². The Kier molecular flexibility index (Phi) is 7.73. The lowest BCUT2D eigenvalue weighted by atomic mass is 9.93. The molecule has 204 valence electrons. The molecule has 0 saturated carbocycles. The number of ketones is 2. The van der Waals surface area contributed by atoms with Gasteiger partial charge in [0.2, 0.25) is 0 Å². The fraction of sp³-hybridized carbons (Fsp3) is 0.276. The third-order valence-electron chi connectivity index (χ3n) is 6.30. The summed E-state index contributed by atoms with van der Waals surface area (Å²) < 4.78 is 48.3. The number of fused-ring (bicyclic) bond motifs is 2. The van der Waals surface area contributed by atoms with Crippen molar-refractivity contribution in [1.82, 2.24) is 0 Å². The summed E-state index contributed by atoms with van der Waals surface area (Å²) in [5.41, 5.74) is 10.5. The second kappa shape index (κ2) is 10.1. The summed E-state index contributed by atoms with van der Waals surface area (Å²) in [6, 6.07) is 9.30. The molecule has 8 nitrogen and oxygen atoms in total. The van der Waals surface area contributed by atoms with Gasteiger partial charge in [-0.1, -0.05) is 43.0 Å². The molecule has 0 N–H and O–H groups in total. The van der Waals surface area contributed by atoms with Gasteiger partial charge in [0, 0.05) is 33.9 Å². The molecule has 39 heavy (non-hydrogen) atoms. The average Bonchev–Trinajstić information content (AvgIpc) is 2.85. The van der Waals surface area contributed by atoms with E-state index in [1.54, 1.807) is 71.9 Å². The Morgan fingerprint density at radius 3 is 1.49 bits per heavy atom. The predicted octanol–water partition coefficient (Wildman–Crippen LogP) is 5.16. The maximum atomic E-state index is 12.6. The van der Waals surface area contributed by atoms with Crippen LogP contribution in [0.1, 0.15) is 73.4 Å². The highest BCUT2D eigenvalue weighted by Gasteiger charge is 2.36. The first-order chi connectivity index (χ1) is 17.9. The van der Waals surface area contributed by atoms with E-state index >= 15 is 0 Å². The molecule has 0 amide bonds. The Hall–Kier alpha value is -3.72. The number of carbonyl (C=O) groups excluding carboxylic acids is 2. The molecule has 0 bridgehead atoms. The fourth-order valence-electron chi connectivity index (χ4n) is 3.84. The van der Waals surface area contributed by atoms with E-state index in [0.717, 1.165) is 0 Å². The smallest absolute Gasteiger partial charge is 0.361 e. The minimum absolute atomic E-state index is 0.109. The van der Waals surface area contributed by atoms with E-state index in [0.29, 0.717) is 22.3 Å². The fourth-order valence-corrected chi connectivity index (χ4v) is 6.61. The highest BCUT2D eigenvalue weighted by molar-refractivity contribution is 7.93. The number of Topliss-reactive ketones (excluding diaryl/α,β-unsaturated/α-hetero) is 2. The molecule has 0 aromatic heterocycles. The minimum Gasteiger partial charge on any atom is -0.361 e. The van der Waals surface area contributed by atoms with Gasteiger partial charge in [0.25, 0.3) is 5.78 Å². The van der Waals surface area contributed by atoms with E-state index in [1.165, 1.54) is 30.4 Å². The van der Waals surface area contributed by atoms with Crippen LogP contribution in [0.3, 0.4) is 0 Å². The maximum absolute atomic E-state index is 12.6. The summed E-state index contributed by atoms with van der Waals surface area (Å²) in [5.74, 6) is -0.709. The van der Waals surface area contributed by atoms with E-state index in [-0.39, 0.29) is 26.8 Å². The number of carbonyl (C=O) groups is 2. The number of allylic oxidation sites excluding steroid dienone is 3. The molecule has 2 aliphatic carbocycles. The zero-order valence-corrected chi connectivity index (χ0v) is 24.3. The molecular weight excluding hydrogens is 536 g/mol. The van der Waals surface area contributed by atoms with Gasteiger partial charge in [-0.2, -0.15) is 4.79 Å². The van der Waals surface area contributed by atoms with E-state index in [1.807, 2.05) is 0 Å². The number of benzene rings is 2. The molecule has 0 fully saturated rings. The summed E-state index contributed by atoms with van der Waals surface area (Å²) in [7, 11) is -7.06. The van der Waals surface area contributed by atoms with Gasteiger partial charge in [-0.25, -0.2) is 16.8 Å². The monoisotopic (exact) mass is 566 g/mol. The zero-order chi connectivity index (χ0) is 29.6. The van der Waals surface area contributed by atoms with Crippen molar-refractivity contribution in [2.75, 3.05) is 0 Å². The first-order valence-corrected chi connectivity index (χ1v) is 14.9. The Balaban J connectivity index is 0.000000216. The van der Waals surface area contributed by atoms with Crippen molar-refractivity contribution >= 4 is 49.1 Å². The first-order valence-electron chi connectivity index (χ1n) is 12.0. The predicted molar refractivity (Wildman–Crippen MR) is 151 cm³/mol. The SMILES string of the molecule is C=C1C=Cc2c(cccc2S(=O)(=O)C(C)(C)C)C1=O.CC(C)(C)S(=O)(=O)c1cccc2c1C=CC(=[N+]=[N-])C2=O. The molecule has 0 atom stereocenters. The third kappa shape index (κ3) is 5.28. The lowest BCUT2D eigenvalue weighted by molar-refractivity contribution is -0.00436. The second-order valence-corrected chi connectivity index (χ2v) is 16.3. The molecular formula is C29H30N2O6S2. The van der Waals surface area contributed by atoms with Gasteiger partial charge in [-0.15, -0.1) is 0 Å². The average molecular weight is 567 g/mol. The second-order valence-electron chi connectivity index (χ2n) is 11.0. The van der Waals surface area contributed by atoms with Gasteiger partial charge in [-0.3, -0.25) is 9.59 Å². The van der Waals surface area contributed by atoms with Crippen LogP contribution in [-0.4, -0.2) is 48.4 Å². The largest absolute Gasteiger partial charge is 0.362 e. The van der Waals surface area contributed by atoms with Gasteiger partial charge in [0.1, 0.15) is 0 Å².